The zero-order valence-electron chi connectivity index (χ0n) is 10.7. The normalized spacial score (nSPS) is 27.8. The van der Waals surface area contributed by atoms with Crippen LogP contribution in [-0.2, 0) is 4.79 Å². The maximum atomic E-state index is 11.8. The SMILES string of the molecule is CN1CCCCC1CNC(=O)CC1(CS)CC1. The van der Waals surface area contributed by atoms with E-state index in [0.717, 1.165) is 12.3 Å². The van der Waals surface area contributed by atoms with E-state index in [-0.39, 0.29) is 11.3 Å². The van der Waals surface area contributed by atoms with Gasteiger partial charge in [-0.1, -0.05) is 6.42 Å². The van der Waals surface area contributed by atoms with Gasteiger partial charge in [0.2, 0.25) is 5.91 Å². The number of carbonyl (C=O) groups is 1. The summed E-state index contributed by atoms with van der Waals surface area (Å²) in [6.45, 7) is 1.99. The van der Waals surface area contributed by atoms with Crippen LogP contribution in [0.25, 0.3) is 0 Å². The van der Waals surface area contributed by atoms with E-state index < -0.39 is 0 Å². The van der Waals surface area contributed by atoms with Gasteiger partial charge in [-0.05, 0) is 50.4 Å². The minimum absolute atomic E-state index is 0.218. The molecule has 1 aliphatic heterocycles. The number of carbonyl (C=O) groups excluding carboxylic acids is 1. The molecule has 4 heteroatoms. The van der Waals surface area contributed by atoms with Gasteiger partial charge in [-0.25, -0.2) is 0 Å². The molecule has 1 aliphatic carbocycles. The molecule has 0 aromatic rings. The van der Waals surface area contributed by atoms with Crippen molar-refractivity contribution in [2.45, 2.75) is 44.6 Å². The van der Waals surface area contributed by atoms with E-state index >= 15 is 0 Å². The number of thiol groups is 1. The van der Waals surface area contributed by atoms with E-state index in [1.54, 1.807) is 0 Å². The summed E-state index contributed by atoms with van der Waals surface area (Å²) in [6, 6.07) is 0.541. The summed E-state index contributed by atoms with van der Waals surface area (Å²) in [4.78, 5) is 14.2. The van der Waals surface area contributed by atoms with Crippen LogP contribution in [0.5, 0.6) is 0 Å². The Balaban J connectivity index is 1.68. The van der Waals surface area contributed by atoms with Crippen molar-refractivity contribution in [2.75, 3.05) is 25.9 Å². The van der Waals surface area contributed by atoms with E-state index in [1.807, 2.05) is 0 Å². The van der Waals surface area contributed by atoms with Crippen LogP contribution in [0.15, 0.2) is 0 Å². The highest BCUT2D eigenvalue weighted by Crippen LogP contribution is 2.49. The van der Waals surface area contributed by atoms with Crippen LogP contribution in [0.3, 0.4) is 0 Å². The molecule has 98 valence electrons. The zero-order chi connectivity index (χ0) is 12.3. The number of hydrogen-bond acceptors (Lipinski definition) is 3. The van der Waals surface area contributed by atoms with Gasteiger partial charge in [0.25, 0.3) is 0 Å². The molecule has 1 N–H and O–H groups in total. The maximum absolute atomic E-state index is 11.8. The highest BCUT2D eigenvalue weighted by molar-refractivity contribution is 7.80. The van der Waals surface area contributed by atoms with Crippen LogP contribution in [0, 0.1) is 5.41 Å². The predicted octanol–water partition coefficient (Wildman–Crippen LogP) is 1.69. The standard InChI is InChI=1S/C13H24N2OS/c1-15-7-3-2-4-11(15)9-14-12(16)8-13(10-17)5-6-13/h11,17H,2-10H2,1H3,(H,14,16). The van der Waals surface area contributed by atoms with Gasteiger partial charge in [0, 0.05) is 19.0 Å². The van der Waals surface area contributed by atoms with Crippen molar-refractivity contribution in [3.05, 3.63) is 0 Å². The van der Waals surface area contributed by atoms with Crippen LogP contribution in [0.2, 0.25) is 0 Å². The second kappa shape index (κ2) is 5.61. The van der Waals surface area contributed by atoms with Crippen molar-refractivity contribution in [3.8, 4) is 0 Å². The first-order valence-corrected chi connectivity index (χ1v) is 7.36. The molecule has 1 heterocycles. The average molecular weight is 256 g/mol. The Morgan fingerprint density at radius 1 is 1.47 bits per heavy atom. The Kier molecular flexibility index (Phi) is 4.36. The number of nitrogens with one attached hydrogen (secondary N) is 1. The van der Waals surface area contributed by atoms with Gasteiger partial charge in [-0.2, -0.15) is 12.6 Å². The molecular formula is C13H24N2OS. The Bertz CT molecular complexity index is 279. The van der Waals surface area contributed by atoms with Crippen molar-refractivity contribution >= 4 is 18.5 Å². The minimum Gasteiger partial charge on any atom is -0.355 e. The lowest BCUT2D eigenvalue weighted by Gasteiger charge is -2.32. The smallest absolute Gasteiger partial charge is 0.220 e. The highest BCUT2D eigenvalue weighted by Gasteiger charge is 2.42. The minimum atomic E-state index is 0.218. The molecule has 2 aliphatic rings. The zero-order valence-corrected chi connectivity index (χ0v) is 11.6. The summed E-state index contributed by atoms with van der Waals surface area (Å²) in [5.41, 5.74) is 0.242. The van der Waals surface area contributed by atoms with Gasteiger partial charge in [0.1, 0.15) is 0 Å². The second-order valence-electron chi connectivity index (χ2n) is 5.77. The highest BCUT2D eigenvalue weighted by atomic mass is 32.1. The van der Waals surface area contributed by atoms with Gasteiger partial charge in [0.15, 0.2) is 0 Å². The van der Waals surface area contributed by atoms with Crippen molar-refractivity contribution < 1.29 is 4.79 Å². The van der Waals surface area contributed by atoms with Crippen LogP contribution in [-0.4, -0.2) is 42.7 Å². The fourth-order valence-electron chi connectivity index (χ4n) is 2.60. The van der Waals surface area contributed by atoms with Gasteiger partial charge >= 0.3 is 0 Å². The lowest BCUT2D eigenvalue weighted by Crippen LogP contribution is -2.44. The third-order valence-corrected chi connectivity index (χ3v) is 4.96. The molecule has 1 saturated heterocycles. The Hall–Kier alpha value is -0.220. The first kappa shape index (κ1) is 13.2. The number of amides is 1. The van der Waals surface area contributed by atoms with Crippen LogP contribution in [0.4, 0.5) is 0 Å². The molecule has 0 bridgehead atoms. The van der Waals surface area contributed by atoms with Crippen molar-refractivity contribution in [2.24, 2.45) is 5.41 Å². The summed E-state index contributed by atoms with van der Waals surface area (Å²) in [7, 11) is 2.16. The van der Waals surface area contributed by atoms with E-state index in [9.17, 15) is 4.79 Å². The molecule has 1 saturated carbocycles. The van der Waals surface area contributed by atoms with E-state index in [4.69, 9.17) is 0 Å². The van der Waals surface area contributed by atoms with Crippen LogP contribution < -0.4 is 5.32 Å². The number of likely N-dealkylation sites (tertiary alicyclic amines) is 1. The molecule has 1 atom stereocenters. The fraction of sp³-hybridized carbons (Fsp3) is 0.923. The Labute approximate surface area is 110 Å². The quantitative estimate of drug-likeness (QED) is 0.734. The number of piperidine rings is 1. The number of likely N-dealkylation sites (N-methyl/N-ethyl adjacent to an activating group) is 1. The first-order chi connectivity index (χ1) is 8.15. The third-order valence-electron chi connectivity index (χ3n) is 4.28. The van der Waals surface area contributed by atoms with E-state index in [1.165, 1.54) is 38.6 Å². The molecule has 3 nitrogen and oxygen atoms in total. The molecule has 2 rings (SSSR count). The molecule has 2 fully saturated rings. The summed E-state index contributed by atoms with van der Waals surface area (Å²) in [5.74, 6) is 1.07. The van der Waals surface area contributed by atoms with Crippen LogP contribution in [0.1, 0.15) is 38.5 Å². The second-order valence-corrected chi connectivity index (χ2v) is 6.09. The van der Waals surface area contributed by atoms with E-state index in [0.29, 0.717) is 12.5 Å². The monoisotopic (exact) mass is 256 g/mol. The molecule has 1 amide bonds. The van der Waals surface area contributed by atoms with Gasteiger partial charge < -0.3 is 10.2 Å². The number of hydrogen-bond donors (Lipinski definition) is 2. The first-order valence-electron chi connectivity index (χ1n) is 6.73. The van der Waals surface area contributed by atoms with E-state index in [2.05, 4.69) is 29.9 Å². The molecule has 0 aromatic heterocycles. The summed E-state index contributed by atoms with van der Waals surface area (Å²) >= 11 is 4.33. The predicted molar refractivity (Wildman–Crippen MR) is 73.4 cm³/mol. The van der Waals surface area contributed by atoms with Gasteiger partial charge in [-0.15, -0.1) is 0 Å². The molecule has 0 aromatic carbocycles. The lowest BCUT2D eigenvalue weighted by molar-refractivity contribution is -0.122. The largest absolute Gasteiger partial charge is 0.355 e. The van der Waals surface area contributed by atoms with Crippen molar-refractivity contribution in [1.82, 2.24) is 10.2 Å². The molecule has 17 heavy (non-hydrogen) atoms. The summed E-state index contributed by atoms with van der Waals surface area (Å²) in [6.07, 6.45) is 6.83. The Morgan fingerprint density at radius 3 is 2.82 bits per heavy atom. The molecule has 0 spiro atoms. The fourth-order valence-corrected chi connectivity index (χ4v) is 3.03. The van der Waals surface area contributed by atoms with Crippen LogP contribution >= 0.6 is 12.6 Å². The average Bonchev–Trinajstić information content (AvgIpc) is 3.08. The number of rotatable bonds is 5. The molecule has 1 unspecified atom stereocenters. The van der Waals surface area contributed by atoms with Gasteiger partial charge in [0.05, 0.1) is 0 Å². The maximum Gasteiger partial charge on any atom is 0.220 e. The third kappa shape index (κ3) is 3.62. The molecular weight excluding hydrogens is 232 g/mol. The number of nitrogens with zero attached hydrogens (tertiary/aromatic N) is 1. The summed E-state index contributed by atoms with van der Waals surface area (Å²) in [5, 5.41) is 3.10. The summed E-state index contributed by atoms with van der Waals surface area (Å²) < 4.78 is 0. The van der Waals surface area contributed by atoms with Gasteiger partial charge in [-0.3, -0.25) is 4.79 Å². The molecule has 0 radical (unpaired) electrons. The topological polar surface area (TPSA) is 32.3 Å². The van der Waals surface area contributed by atoms with Crippen molar-refractivity contribution in [1.29, 1.82) is 0 Å². The van der Waals surface area contributed by atoms with Crippen molar-refractivity contribution in [3.63, 3.8) is 0 Å². The Morgan fingerprint density at radius 2 is 2.24 bits per heavy atom. The lowest BCUT2D eigenvalue weighted by atomic mass is 10.0.